The molecular formula is C22H20F4N4O2S. The number of esters is 1. The molecule has 0 saturated heterocycles. The van der Waals surface area contributed by atoms with Crippen molar-refractivity contribution in [2.75, 3.05) is 24.2 Å². The van der Waals surface area contributed by atoms with Crippen molar-refractivity contribution in [1.82, 2.24) is 9.71 Å². The molecule has 0 unspecified atom stereocenters. The molecule has 33 heavy (non-hydrogen) atoms. The summed E-state index contributed by atoms with van der Waals surface area (Å²) in [6.07, 6.45) is 0.932. The number of anilines is 3. The van der Waals surface area contributed by atoms with Crippen LogP contribution in [0.3, 0.4) is 0 Å². The molecule has 0 aliphatic rings. The highest BCUT2D eigenvalue weighted by Gasteiger charge is 2.25. The molecule has 174 valence electrons. The second-order valence-electron chi connectivity index (χ2n) is 6.90. The number of carbonyl (C=O) groups excluding carboxylic acids is 1. The van der Waals surface area contributed by atoms with E-state index in [1.54, 1.807) is 20.0 Å². The van der Waals surface area contributed by atoms with E-state index in [-0.39, 0.29) is 34.6 Å². The summed E-state index contributed by atoms with van der Waals surface area (Å²) < 4.78 is 69.1. The molecule has 1 heterocycles. The fraction of sp³-hybridized carbons (Fsp3) is 0.182. The molecule has 0 fully saturated rings. The monoisotopic (exact) mass is 480 g/mol. The first-order valence-electron chi connectivity index (χ1n) is 9.61. The van der Waals surface area contributed by atoms with Crippen LogP contribution in [-0.2, 0) is 11.2 Å². The Hall–Kier alpha value is -3.31. The van der Waals surface area contributed by atoms with Gasteiger partial charge in [0.25, 0.3) is 0 Å². The van der Waals surface area contributed by atoms with Crippen molar-refractivity contribution in [3.8, 4) is 0 Å². The van der Waals surface area contributed by atoms with Gasteiger partial charge < -0.3 is 10.1 Å². The minimum absolute atomic E-state index is 0.0172. The van der Waals surface area contributed by atoms with E-state index >= 15 is 4.39 Å². The first kappa shape index (κ1) is 24.3. The number of nitrogens with one attached hydrogen (secondary N) is 3. The Kier molecular flexibility index (Phi) is 7.77. The summed E-state index contributed by atoms with van der Waals surface area (Å²) in [5.74, 6) is -5.29. The minimum atomic E-state index is -1.42. The smallest absolute Gasteiger partial charge is 0.340 e. The number of benzene rings is 2. The summed E-state index contributed by atoms with van der Waals surface area (Å²) in [5.41, 5.74) is -0.771. The van der Waals surface area contributed by atoms with Gasteiger partial charge >= 0.3 is 5.97 Å². The minimum Gasteiger partial charge on any atom is -0.465 e. The highest BCUT2D eigenvalue weighted by atomic mass is 32.2. The van der Waals surface area contributed by atoms with Gasteiger partial charge in [0.05, 0.1) is 24.0 Å². The van der Waals surface area contributed by atoms with Gasteiger partial charge in [-0.25, -0.2) is 32.1 Å². The van der Waals surface area contributed by atoms with Crippen LogP contribution >= 0.6 is 12.1 Å². The maximum Gasteiger partial charge on any atom is 0.340 e. The molecule has 0 aliphatic carbocycles. The average Bonchev–Trinajstić information content (AvgIpc) is 2.80. The Morgan fingerprint density at radius 2 is 1.82 bits per heavy atom. The van der Waals surface area contributed by atoms with E-state index in [0.717, 1.165) is 25.3 Å². The molecule has 0 spiro atoms. The number of rotatable bonds is 8. The van der Waals surface area contributed by atoms with E-state index in [2.05, 4.69) is 24.5 Å². The predicted octanol–water partition coefficient (Wildman–Crippen LogP) is 5.26. The van der Waals surface area contributed by atoms with Gasteiger partial charge in [-0.3, -0.25) is 4.72 Å². The third-order valence-electron chi connectivity index (χ3n) is 4.67. The second-order valence-corrected chi connectivity index (χ2v) is 7.72. The Bertz CT molecular complexity index is 1190. The van der Waals surface area contributed by atoms with Crippen LogP contribution in [0.25, 0.3) is 0 Å². The zero-order valence-corrected chi connectivity index (χ0v) is 18.7. The van der Waals surface area contributed by atoms with Crippen LogP contribution in [0, 0.1) is 30.2 Å². The summed E-state index contributed by atoms with van der Waals surface area (Å²) in [4.78, 5) is 16.2. The summed E-state index contributed by atoms with van der Waals surface area (Å²) in [5, 5.41) is 2.43. The average molecular weight is 480 g/mol. The maximum atomic E-state index is 15.1. The molecule has 0 saturated carbocycles. The zero-order valence-electron chi connectivity index (χ0n) is 17.9. The molecule has 0 atom stereocenters. The highest BCUT2D eigenvalue weighted by molar-refractivity contribution is 7.98. The fourth-order valence-electron chi connectivity index (χ4n) is 3.05. The molecule has 11 heteroatoms. The molecule has 0 amide bonds. The van der Waals surface area contributed by atoms with Crippen LogP contribution in [0.15, 0.2) is 36.5 Å². The Morgan fingerprint density at radius 3 is 2.48 bits per heavy atom. The summed E-state index contributed by atoms with van der Waals surface area (Å²) in [6, 6.07) is 6.46. The lowest BCUT2D eigenvalue weighted by molar-refractivity contribution is 0.0601. The van der Waals surface area contributed by atoms with Crippen molar-refractivity contribution in [2.45, 2.75) is 13.3 Å². The van der Waals surface area contributed by atoms with Gasteiger partial charge in [-0.15, -0.1) is 0 Å². The predicted molar refractivity (Wildman–Crippen MR) is 119 cm³/mol. The summed E-state index contributed by atoms with van der Waals surface area (Å²) in [6.45, 7) is 1.67. The number of carbonyl (C=O) groups is 1. The molecule has 2 aromatic carbocycles. The Labute approximate surface area is 192 Å². The van der Waals surface area contributed by atoms with Crippen molar-refractivity contribution in [3.63, 3.8) is 0 Å². The number of hydrogen-bond acceptors (Lipinski definition) is 7. The molecule has 3 N–H and O–H groups in total. The van der Waals surface area contributed by atoms with E-state index < -0.39 is 34.9 Å². The van der Waals surface area contributed by atoms with Gasteiger partial charge in [0.1, 0.15) is 5.82 Å². The Morgan fingerprint density at radius 1 is 1.06 bits per heavy atom. The van der Waals surface area contributed by atoms with Gasteiger partial charge in [0.15, 0.2) is 23.3 Å². The van der Waals surface area contributed by atoms with Crippen LogP contribution in [0.2, 0.25) is 0 Å². The number of aryl methyl sites for hydroxylation is 1. The van der Waals surface area contributed by atoms with Crippen molar-refractivity contribution >= 4 is 35.3 Å². The van der Waals surface area contributed by atoms with Gasteiger partial charge in [0, 0.05) is 24.8 Å². The van der Waals surface area contributed by atoms with E-state index in [1.807, 2.05) is 0 Å². The lowest BCUT2D eigenvalue weighted by Crippen LogP contribution is -2.12. The van der Waals surface area contributed by atoms with Crippen LogP contribution < -0.4 is 14.8 Å². The molecule has 6 nitrogen and oxygen atoms in total. The van der Waals surface area contributed by atoms with Crippen molar-refractivity contribution in [3.05, 3.63) is 82.1 Å². The third-order valence-corrected chi connectivity index (χ3v) is 5.17. The van der Waals surface area contributed by atoms with Crippen LogP contribution in [-0.4, -0.2) is 25.1 Å². The number of nitrogens with zero attached hydrogens (tertiary/aromatic N) is 1. The van der Waals surface area contributed by atoms with Crippen molar-refractivity contribution in [2.24, 2.45) is 0 Å². The van der Waals surface area contributed by atoms with Crippen LogP contribution in [0.1, 0.15) is 27.0 Å². The number of ether oxygens (including phenoxy) is 1. The lowest BCUT2D eigenvalue weighted by Gasteiger charge is -2.16. The molecule has 3 aromatic rings. The normalized spacial score (nSPS) is 10.8. The fourth-order valence-corrected chi connectivity index (χ4v) is 3.39. The van der Waals surface area contributed by atoms with Crippen molar-refractivity contribution < 1.29 is 27.1 Å². The first-order valence-corrected chi connectivity index (χ1v) is 10.4. The second kappa shape index (κ2) is 10.5. The topological polar surface area (TPSA) is 75.3 Å². The quantitative estimate of drug-likeness (QED) is 0.231. The Balaban J connectivity index is 2.05. The van der Waals surface area contributed by atoms with E-state index in [1.165, 1.54) is 24.4 Å². The van der Waals surface area contributed by atoms with Gasteiger partial charge in [-0.2, -0.15) is 0 Å². The lowest BCUT2D eigenvalue weighted by atomic mass is 10.00. The van der Waals surface area contributed by atoms with E-state index in [9.17, 15) is 18.0 Å². The summed E-state index contributed by atoms with van der Waals surface area (Å²) in [7, 11) is 2.68. The van der Waals surface area contributed by atoms with E-state index in [4.69, 9.17) is 0 Å². The number of pyridine rings is 1. The van der Waals surface area contributed by atoms with Crippen LogP contribution in [0.4, 0.5) is 34.8 Å². The van der Waals surface area contributed by atoms with Crippen molar-refractivity contribution in [1.29, 1.82) is 0 Å². The number of hydrogen-bond donors (Lipinski definition) is 3. The molecule has 0 bridgehead atoms. The molecular weight excluding hydrogens is 460 g/mol. The largest absolute Gasteiger partial charge is 0.465 e. The third kappa shape index (κ3) is 5.37. The van der Waals surface area contributed by atoms with Gasteiger partial charge in [-0.1, -0.05) is 6.07 Å². The molecule has 0 radical (unpaired) electrons. The summed E-state index contributed by atoms with van der Waals surface area (Å²) >= 11 is 0.973. The number of aromatic nitrogens is 1. The highest BCUT2D eigenvalue weighted by Crippen LogP contribution is 2.32. The van der Waals surface area contributed by atoms with Gasteiger partial charge in [-0.05, 0) is 54.9 Å². The standard InChI is InChI=1S/C22H20F4N4O2S/c1-11-4-5-16(15(23)8-11)29-20-14(22(31)32-3)10-13(17(24)19(20)26)9-12-6-7-28-21(18(12)25)30-33-27-2/h4-8,10,27,29H,9H2,1-3H3,(H,28,30). The molecule has 3 rings (SSSR count). The van der Waals surface area contributed by atoms with E-state index in [0.29, 0.717) is 5.56 Å². The zero-order chi connectivity index (χ0) is 24.1. The maximum absolute atomic E-state index is 15.1. The molecule has 1 aromatic heterocycles. The van der Waals surface area contributed by atoms with Crippen LogP contribution in [0.5, 0.6) is 0 Å². The molecule has 0 aliphatic heterocycles. The SMILES string of the molecule is CNSNc1nccc(Cc2cc(C(=O)OC)c(Nc3ccc(C)cc3F)c(F)c2F)c1F. The first-order chi connectivity index (χ1) is 15.8. The number of methoxy groups -OCH3 is 1. The number of halogens is 4. The van der Waals surface area contributed by atoms with Gasteiger partial charge in [0.2, 0.25) is 0 Å².